The van der Waals surface area contributed by atoms with Gasteiger partial charge in [-0.15, -0.1) is 0 Å². The van der Waals surface area contributed by atoms with Crippen molar-refractivity contribution in [3.8, 4) is 0 Å². The Hall–Kier alpha value is -1.46. The largest absolute Gasteiger partial charge is 0.340 e. The Morgan fingerprint density at radius 2 is 2.24 bits per heavy atom. The van der Waals surface area contributed by atoms with Gasteiger partial charge in [0.05, 0.1) is 6.54 Å². The molecule has 1 saturated heterocycles. The Morgan fingerprint density at radius 1 is 1.48 bits per heavy atom. The zero-order chi connectivity index (χ0) is 15.2. The van der Waals surface area contributed by atoms with Gasteiger partial charge in [0.15, 0.2) is 0 Å². The molecule has 0 bridgehead atoms. The number of hydrogen-bond acceptors (Lipinski definition) is 3. The highest BCUT2D eigenvalue weighted by molar-refractivity contribution is 5.78. The predicted octanol–water partition coefficient (Wildman–Crippen LogP) is 1.47. The van der Waals surface area contributed by atoms with Crippen molar-refractivity contribution in [1.29, 1.82) is 0 Å². The zero-order valence-electron chi connectivity index (χ0n) is 12.8. The molecule has 0 radical (unpaired) electrons. The Bertz CT molecular complexity index is 480. The minimum atomic E-state index is -0.259. The van der Waals surface area contributed by atoms with E-state index in [1.165, 1.54) is 6.07 Å². The third kappa shape index (κ3) is 4.51. The first-order chi connectivity index (χ1) is 10.1. The van der Waals surface area contributed by atoms with Crippen LogP contribution in [0, 0.1) is 5.82 Å². The number of benzene rings is 1. The summed E-state index contributed by atoms with van der Waals surface area (Å²) in [6, 6.07) is 7.06. The van der Waals surface area contributed by atoms with E-state index in [9.17, 15) is 9.18 Å². The average molecular weight is 293 g/mol. The molecular weight excluding hydrogens is 269 g/mol. The van der Waals surface area contributed by atoms with Crippen LogP contribution < -0.4 is 5.32 Å². The van der Waals surface area contributed by atoms with E-state index in [-0.39, 0.29) is 11.7 Å². The van der Waals surface area contributed by atoms with E-state index in [1.807, 2.05) is 7.05 Å². The van der Waals surface area contributed by atoms with E-state index in [1.54, 1.807) is 30.1 Å². The molecule has 1 atom stereocenters. The van der Waals surface area contributed by atoms with Gasteiger partial charge in [-0.2, -0.15) is 0 Å². The van der Waals surface area contributed by atoms with Gasteiger partial charge in [-0.05, 0) is 32.5 Å². The maximum atomic E-state index is 13.6. The molecule has 0 aliphatic carbocycles. The molecule has 1 N–H and O–H groups in total. The number of nitrogens with zero attached hydrogens (tertiary/aromatic N) is 2. The van der Waals surface area contributed by atoms with Gasteiger partial charge in [-0.1, -0.05) is 18.2 Å². The molecule has 1 fully saturated rings. The number of carbonyl (C=O) groups excluding carboxylic acids is 1. The number of carbonyl (C=O) groups is 1. The molecule has 2 rings (SSSR count). The molecule has 5 heteroatoms. The third-order valence-corrected chi connectivity index (χ3v) is 4.06. The number of likely N-dealkylation sites (tertiary alicyclic amines) is 1. The minimum absolute atomic E-state index is 0.0370. The lowest BCUT2D eigenvalue weighted by Crippen LogP contribution is -2.48. The molecule has 1 aliphatic rings. The monoisotopic (exact) mass is 293 g/mol. The van der Waals surface area contributed by atoms with E-state index < -0.39 is 0 Å². The van der Waals surface area contributed by atoms with Crippen LogP contribution in [0.2, 0.25) is 0 Å². The fourth-order valence-corrected chi connectivity index (χ4v) is 2.72. The lowest BCUT2D eigenvalue weighted by atomic mass is 10.1. The summed E-state index contributed by atoms with van der Waals surface area (Å²) in [6.07, 6.45) is 2.27. The Balaban J connectivity index is 1.86. The van der Waals surface area contributed by atoms with Gasteiger partial charge in [0.1, 0.15) is 5.82 Å². The first-order valence-electron chi connectivity index (χ1n) is 7.47. The standard InChI is InChI=1S/C16H24FN3O/c1-18-14-7-5-9-20(11-14)12-16(21)19(2)10-13-6-3-4-8-15(13)17/h3-4,6,8,14,18H,5,7,9-12H2,1-2H3. The number of likely N-dealkylation sites (N-methyl/N-ethyl adjacent to an activating group) is 2. The summed E-state index contributed by atoms with van der Waals surface area (Å²) in [7, 11) is 3.69. The van der Waals surface area contributed by atoms with Crippen LogP contribution in [0.5, 0.6) is 0 Å². The van der Waals surface area contributed by atoms with E-state index in [2.05, 4.69) is 10.2 Å². The van der Waals surface area contributed by atoms with Gasteiger partial charge < -0.3 is 10.2 Å². The second kappa shape index (κ2) is 7.52. The second-order valence-corrected chi connectivity index (χ2v) is 5.70. The minimum Gasteiger partial charge on any atom is -0.340 e. The molecule has 0 spiro atoms. The SMILES string of the molecule is CNC1CCCN(CC(=O)N(C)Cc2ccccc2F)C1. The average Bonchev–Trinajstić information content (AvgIpc) is 2.49. The summed E-state index contributed by atoms with van der Waals surface area (Å²) in [5.74, 6) is -0.222. The quantitative estimate of drug-likeness (QED) is 0.893. The van der Waals surface area contributed by atoms with E-state index in [0.717, 1.165) is 25.9 Å². The first-order valence-corrected chi connectivity index (χ1v) is 7.47. The van der Waals surface area contributed by atoms with Crippen LogP contribution in [0.3, 0.4) is 0 Å². The molecule has 1 aliphatic heterocycles. The number of halogens is 1. The highest BCUT2D eigenvalue weighted by Gasteiger charge is 2.21. The summed E-state index contributed by atoms with van der Waals surface area (Å²) in [4.78, 5) is 16.0. The molecule has 21 heavy (non-hydrogen) atoms. The van der Waals surface area contributed by atoms with Crippen LogP contribution in [0.25, 0.3) is 0 Å². The van der Waals surface area contributed by atoms with Crippen LogP contribution in [0.4, 0.5) is 4.39 Å². The van der Waals surface area contributed by atoms with Crippen molar-refractivity contribution in [2.24, 2.45) is 0 Å². The Kier molecular flexibility index (Phi) is 5.70. The molecule has 1 amide bonds. The number of nitrogens with one attached hydrogen (secondary N) is 1. The fourth-order valence-electron chi connectivity index (χ4n) is 2.72. The molecule has 4 nitrogen and oxygen atoms in total. The number of rotatable bonds is 5. The molecule has 1 aromatic carbocycles. The van der Waals surface area contributed by atoms with Gasteiger partial charge in [-0.25, -0.2) is 4.39 Å². The maximum Gasteiger partial charge on any atom is 0.236 e. The highest BCUT2D eigenvalue weighted by atomic mass is 19.1. The fraction of sp³-hybridized carbons (Fsp3) is 0.562. The molecule has 1 unspecified atom stereocenters. The Labute approximate surface area is 125 Å². The highest BCUT2D eigenvalue weighted by Crippen LogP contribution is 2.12. The normalized spacial score (nSPS) is 19.5. The number of amides is 1. The van der Waals surface area contributed by atoms with Crippen molar-refractivity contribution in [2.45, 2.75) is 25.4 Å². The van der Waals surface area contributed by atoms with Crippen molar-refractivity contribution in [2.75, 3.05) is 33.7 Å². The topological polar surface area (TPSA) is 35.6 Å². The summed E-state index contributed by atoms with van der Waals surface area (Å²) in [6.45, 7) is 2.57. The molecular formula is C16H24FN3O. The van der Waals surface area contributed by atoms with Crippen molar-refractivity contribution >= 4 is 5.91 Å². The van der Waals surface area contributed by atoms with Crippen molar-refractivity contribution in [1.82, 2.24) is 15.1 Å². The summed E-state index contributed by atoms with van der Waals surface area (Å²) < 4.78 is 13.6. The maximum absolute atomic E-state index is 13.6. The predicted molar refractivity (Wildman–Crippen MR) is 81.4 cm³/mol. The molecule has 0 aromatic heterocycles. The van der Waals surface area contributed by atoms with E-state index in [4.69, 9.17) is 0 Å². The molecule has 0 saturated carbocycles. The van der Waals surface area contributed by atoms with Crippen LogP contribution in [-0.2, 0) is 11.3 Å². The molecule has 1 heterocycles. The summed E-state index contributed by atoms with van der Waals surface area (Å²) >= 11 is 0. The molecule has 116 valence electrons. The van der Waals surface area contributed by atoms with Crippen LogP contribution in [0.1, 0.15) is 18.4 Å². The van der Waals surface area contributed by atoms with Gasteiger partial charge in [0, 0.05) is 31.7 Å². The van der Waals surface area contributed by atoms with Gasteiger partial charge in [0.25, 0.3) is 0 Å². The van der Waals surface area contributed by atoms with Crippen LogP contribution in [0.15, 0.2) is 24.3 Å². The summed E-state index contributed by atoms with van der Waals surface area (Å²) in [5, 5.41) is 3.27. The van der Waals surface area contributed by atoms with Gasteiger partial charge >= 0.3 is 0 Å². The first kappa shape index (κ1) is 15.9. The van der Waals surface area contributed by atoms with E-state index >= 15 is 0 Å². The number of hydrogen-bond donors (Lipinski definition) is 1. The lowest BCUT2D eigenvalue weighted by molar-refractivity contribution is -0.132. The van der Waals surface area contributed by atoms with Crippen LogP contribution in [-0.4, -0.2) is 55.5 Å². The number of piperidine rings is 1. The smallest absolute Gasteiger partial charge is 0.236 e. The van der Waals surface area contributed by atoms with Gasteiger partial charge in [-0.3, -0.25) is 9.69 Å². The van der Waals surface area contributed by atoms with E-state index in [0.29, 0.717) is 24.7 Å². The summed E-state index contributed by atoms with van der Waals surface area (Å²) in [5.41, 5.74) is 0.556. The second-order valence-electron chi connectivity index (χ2n) is 5.70. The lowest BCUT2D eigenvalue weighted by Gasteiger charge is -2.33. The third-order valence-electron chi connectivity index (χ3n) is 4.06. The van der Waals surface area contributed by atoms with Gasteiger partial charge in [0.2, 0.25) is 5.91 Å². The van der Waals surface area contributed by atoms with Crippen molar-refractivity contribution in [3.63, 3.8) is 0 Å². The van der Waals surface area contributed by atoms with Crippen molar-refractivity contribution < 1.29 is 9.18 Å². The van der Waals surface area contributed by atoms with Crippen LogP contribution >= 0.6 is 0 Å². The Morgan fingerprint density at radius 3 is 2.95 bits per heavy atom. The molecule has 1 aromatic rings. The van der Waals surface area contributed by atoms with Crippen molar-refractivity contribution in [3.05, 3.63) is 35.6 Å². The zero-order valence-corrected chi connectivity index (χ0v) is 12.8.